The molecule has 0 bridgehead atoms. The number of nitrogens with zero attached hydrogens (tertiary/aromatic N) is 3. The molecule has 1 atom stereocenters. The first-order valence-corrected chi connectivity index (χ1v) is 9.31. The first-order valence-electron chi connectivity index (χ1n) is 9.31. The van der Waals surface area contributed by atoms with Crippen molar-refractivity contribution in [1.82, 2.24) is 19.9 Å². The van der Waals surface area contributed by atoms with Gasteiger partial charge in [0, 0.05) is 55.8 Å². The van der Waals surface area contributed by atoms with Gasteiger partial charge in [-0.05, 0) is 24.4 Å². The highest BCUT2D eigenvalue weighted by Crippen LogP contribution is 2.25. The minimum atomic E-state index is -0.0219. The fourth-order valence-electron chi connectivity index (χ4n) is 3.49. The van der Waals surface area contributed by atoms with Gasteiger partial charge in [-0.2, -0.15) is 0 Å². The molecular formula is C21H24N4O2. The summed E-state index contributed by atoms with van der Waals surface area (Å²) < 4.78 is 7.70. The van der Waals surface area contributed by atoms with Crippen molar-refractivity contribution in [1.29, 1.82) is 0 Å². The van der Waals surface area contributed by atoms with Crippen LogP contribution in [0.15, 0.2) is 36.7 Å². The highest BCUT2D eigenvalue weighted by Gasteiger charge is 2.18. The third-order valence-corrected chi connectivity index (χ3v) is 5.13. The minimum absolute atomic E-state index is 0.0219. The average molecular weight is 364 g/mol. The third kappa shape index (κ3) is 3.91. The number of benzene rings is 1. The van der Waals surface area contributed by atoms with Crippen molar-refractivity contribution < 1.29 is 9.53 Å². The summed E-state index contributed by atoms with van der Waals surface area (Å²) in [6.07, 6.45) is 4.48. The number of hydrogen-bond acceptors (Lipinski definition) is 5. The van der Waals surface area contributed by atoms with E-state index in [0.29, 0.717) is 19.4 Å². The van der Waals surface area contributed by atoms with E-state index in [2.05, 4.69) is 38.1 Å². The van der Waals surface area contributed by atoms with Crippen molar-refractivity contribution in [3.8, 4) is 11.3 Å². The standard InChI is InChI=1S/C21H24N4O2/c1-14-23-13-21(25(14)2)15-3-4-16-11-24-18(8-17(16)7-15)9-19(26)10-20-12-22-5-6-27-20/h3-4,7-8,11,13,20,22H,5-6,9-10,12H2,1-2H3. The van der Waals surface area contributed by atoms with Crippen LogP contribution in [-0.2, 0) is 23.0 Å². The molecule has 4 rings (SSSR count). The number of rotatable bonds is 5. The number of hydrogen-bond donors (Lipinski definition) is 1. The minimum Gasteiger partial charge on any atom is -0.375 e. The molecule has 2 aromatic heterocycles. The molecule has 0 amide bonds. The summed E-state index contributed by atoms with van der Waals surface area (Å²) in [5.74, 6) is 1.14. The van der Waals surface area contributed by atoms with Crippen molar-refractivity contribution >= 4 is 16.6 Å². The lowest BCUT2D eigenvalue weighted by Crippen LogP contribution is -2.39. The highest BCUT2D eigenvalue weighted by atomic mass is 16.5. The molecule has 140 valence electrons. The van der Waals surface area contributed by atoms with Crippen molar-refractivity contribution in [3.05, 3.63) is 48.2 Å². The van der Waals surface area contributed by atoms with Crippen molar-refractivity contribution in [2.24, 2.45) is 7.05 Å². The van der Waals surface area contributed by atoms with E-state index in [-0.39, 0.29) is 11.9 Å². The maximum atomic E-state index is 12.4. The molecule has 27 heavy (non-hydrogen) atoms. The van der Waals surface area contributed by atoms with Crippen LogP contribution in [0.3, 0.4) is 0 Å². The predicted molar refractivity (Wildman–Crippen MR) is 105 cm³/mol. The van der Waals surface area contributed by atoms with Gasteiger partial charge in [-0.25, -0.2) is 4.98 Å². The van der Waals surface area contributed by atoms with E-state index >= 15 is 0 Å². The molecule has 0 aliphatic carbocycles. The Labute approximate surface area is 158 Å². The smallest absolute Gasteiger partial charge is 0.141 e. The van der Waals surface area contributed by atoms with Gasteiger partial charge in [-0.15, -0.1) is 0 Å². The monoisotopic (exact) mass is 364 g/mol. The quantitative estimate of drug-likeness (QED) is 0.753. The molecular weight excluding hydrogens is 340 g/mol. The van der Waals surface area contributed by atoms with E-state index in [1.807, 2.05) is 32.4 Å². The molecule has 0 saturated carbocycles. The van der Waals surface area contributed by atoms with Crippen LogP contribution in [0.1, 0.15) is 17.9 Å². The van der Waals surface area contributed by atoms with Gasteiger partial charge in [0.15, 0.2) is 0 Å². The van der Waals surface area contributed by atoms with Crippen LogP contribution in [0.5, 0.6) is 0 Å². The van der Waals surface area contributed by atoms with Gasteiger partial charge in [0.1, 0.15) is 11.6 Å². The molecule has 0 radical (unpaired) electrons. The molecule has 1 aliphatic rings. The molecule has 1 unspecified atom stereocenters. The van der Waals surface area contributed by atoms with Crippen LogP contribution in [-0.4, -0.2) is 46.1 Å². The molecule has 6 nitrogen and oxygen atoms in total. The number of morpholine rings is 1. The number of ether oxygens (including phenoxy) is 1. The van der Waals surface area contributed by atoms with Gasteiger partial charge in [0.25, 0.3) is 0 Å². The van der Waals surface area contributed by atoms with Gasteiger partial charge in [0.2, 0.25) is 0 Å². The van der Waals surface area contributed by atoms with E-state index in [1.54, 1.807) is 0 Å². The largest absolute Gasteiger partial charge is 0.375 e. The Morgan fingerprint density at radius 1 is 1.26 bits per heavy atom. The van der Waals surface area contributed by atoms with Gasteiger partial charge >= 0.3 is 0 Å². The Balaban J connectivity index is 1.53. The number of aryl methyl sites for hydroxylation is 1. The van der Waals surface area contributed by atoms with E-state index in [4.69, 9.17) is 4.74 Å². The Morgan fingerprint density at radius 3 is 2.89 bits per heavy atom. The second-order valence-electron chi connectivity index (χ2n) is 7.10. The molecule has 1 saturated heterocycles. The van der Waals surface area contributed by atoms with E-state index in [9.17, 15) is 4.79 Å². The number of ketones is 1. The topological polar surface area (TPSA) is 69.0 Å². The van der Waals surface area contributed by atoms with Gasteiger partial charge in [-0.1, -0.05) is 12.1 Å². The van der Waals surface area contributed by atoms with E-state index in [0.717, 1.165) is 46.6 Å². The lowest BCUT2D eigenvalue weighted by atomic mass is 10.0. The summed E-state index contributed by atoms with van der Waals surface area (Å²) in [6, 6.07) is 8.29. The van der Waals surface area contributed by atoms with Crippen LogP contribution < -0.4 is 5.32 Å². The number of Topliss-reactive ketones (excluding diaryl/α,β-unsaturated/α-hetero) is 1. The van der Waals surface area contributed by atoms with Crippen LogP contribution in [0.25, 0.3) is 22.0 Å². The van der Waals surface area contributed by atoms with Crippen LogP contribution in [0.4, 0.5) is 0 Å². The Bertz CT molecular complexity index is 973. The molecule has 3 heterocycles. The Hall–Kier alpha value is -2.57. The summed E-state index contributed by atoms with van der Waals surface area (Å²) in [5.41, 5.74) is 2.98. The molecule has 1 aromatic carbocycles. The van der Waals surface area contributed by atoms with E-state index in [1.165, 1.54) is 0 Å². The van der Waals surface area contributed by atoms with Crippen molar-refractivity contribution in [2.75, 3.05) is 19.7 Å². The SMILES string of the molecule is Cc1ncc(-c2ccc3cnc(CC(=O)CC4CNCCO4)cc3c2)n1C. The number of carbonyl (C=O) groups is 1. The normalized spacial score (nSPS) is 17.3. The number of nitrogens with one attached hydrogen (secondary N) is 1. The third-order valence-electron chi connectivity index (χ3n) is 5.13. The Morgan fingerprint density at radius 2 is 2.15 bits per heavy atom. The van der Waals surface area contributed by atoms with E-state index < -0.39 is 0 Å². The molecule has 1 fully saturated rings. The molecule has 1 N–H and O–H groups in total. The summed E-state index contributed by atoms with van der Waals surface area (Å²) in [5, 5.41) is 5.40. The number of carbonyl (C=O) groups excluding carboxylic acids is 1. The second kappa shape index (κ2) is 7.58. The lowest BCUT2D eigenvalue weighted by molar-refractivity contribution is -0.121. The van der Waals surface area contributed by atoms with Gasteiger partial charge < -0.3 is 14.6 Å². The number of imidazole rings is 1. The predicted octanol–water partition coefficient (Wildman–Crippen LogP) is 2.43. The fourth-order valence-corrected chi connectivity index (χ4v) is 3.49. The van der Waals surface area contributed by atoms with Gasteiger partial charge in [0.05, 0.1) is 24.6 Å². The van der Waals surface area contributed by atoms with Crippen LogP contribution >= 0.6 is 0 Å². The molecule has 1 aliphatic heterocycles. The van der Waals surface area contributed by atoms with Crippen LogP contribution in [0.2, 0.25) is 0 Å². The number of fused-ring (bicyclic) bond motifs is 1. The number of aromatic nitrogens is 3. The van der Waals surface area contributed by atoms with Gasteiger partial charge in [-0.3, -0.25) is 9.78 Å². The first kappa shape index (κ1) is 17.8. The zero-order valence-electron chi connectivity index (χ0n) is 15.7. The Kier molecular flexibility index (Phi) is 5.01. The number of pyridine rings is 1. The highest BCUT2D eigenvalue weighted by molar-refractivity contribution is 5.88. The fraction of sp³-hybridized carbons (Fsp3) is 0.381. The average Bonchev–Trinajstić information content (AvgIpc) is 3.01. The summed E-state index contributed by atoms with van der Waals surface area (Å²) in [4.78, 5) is 21.2. The second-order valence-corrected chi connectivity index (χ2v) is 7.10. The zero-order chi connectivity index (χ0) is 18.8. The summed E-state index contributed by atoms with van der Waals surface area (Å²) in [6.45, 7) is 4.26. The van der Waals surface area contributed by atoms with Crippen molar-refractivity contribution in [3.63, 3.8) is 0 Å². The summed E-state index contributed by atoms with van der Waals surface area (Å²) >= 11 is 0. The maximum absolute atomic E-state index is 12.4. The first-order chi connectivity index (χ1) is 13.1. The maximum Gasteiger partial charge on any atom is 0.141 e. The summed E-state index contributed by atoms with van der Waals surface area (Å²) in [7, 11) is 2.01. The van der Waals surface area contributed by atoms with Crippen LogP contribution in [0, 0.1) is 6.92 Å². The zero-order valence-corrected chi connectivity index (χ0v) is 15.7. The lowest BCUT2D eigenvalue weighted by Gasteiger charge is -2.22. The molecule has 0 spiro atoms. The molecule has 6 heteroatoms. The molecule has 3 aromatic rings. The van der Waals surface area contributed by atoms with Crippen molar-refractivity contribution in [2.45, 2.75) is 25.9 Å².